The van der Waals surface area contributed by atoms with Crippen molar-refractivity contribution in [2.75, 3.05) is 13.7 Å². The first kappa shape index (κ1) is 13.7. The third kappa shape index (κ3) is 4.67. The number of nitrogens with zero attached hydrogens (tertiary/aromatic N) is 2. The number of ether oxygens (including phenoxy) is 2. The van der Waals surface area contributed by atoms with E-state index in [0.29, 0.717) is 12.7 Å². The van der Waals surface area contributed by atoms with Crippen molar-refractivity contribution in [3.05, 3.63) is 10.8 Å². The molecular formula is C10H19BrN2O2Si. The second kappa shape index (κ2) is 5.84. The van der Waals surface area contributed by atoms with Gasteiger partial charge in [0.2, 0.25) is 0 Å². The first-order chi connectivity index (χ1) is 7.42. The molecule has 0 N–H and O–H groups in total. The van der Waals surface area contributed by atoms with E-state index in [1.54, 1.807) is 7.11 Å². The fourth-order valence-electron chi connectivity index (χ4n) is 1.16. The third-order valence-electron chi connectivity index (χ3n) is 2.12. The molecule has 0 bridgehead atoms. The van der Waals surface area contributed by atoms with Gasteiger partial charge in [-0.1, -0.05) is 19.6 Å². The molecule has 1 aromatic heterocycles. The first-order valence-corrected chi connectivity index (χ1v) is 9.77. The Labute approximate surface area is 106 Å². The number of methoxy groups -OCH3 is 1. The Bertz CT molecular complexity index is 336. The Kier molecular flexibility index (Phi) is 5.01. The van der Waals surface area contributed by atoms with Gasteiger partial charge in [-0.15, -0.1) is 0 Å². The highest BCUT2D eigenvalue weighted by Crippen LogP contribution is 2.16. The molecule has 0 amide bonds. The van der Waals surface area contributed by atoms with Crippen LogP contribution in [-0.4, -0.2) is 31.3 Å². The van der Waals surface area contributed by atoms with E-state index >= 15 is 0 Å². The maximum atomic E-state index is 5.61. The van der Waals surface area contributed by atoms with Gasteiger partial charge in [0.25, 0.3) is 6.01 Å². The van der Waals surface area contributed by atoms with Crippen LogP contribution in [0.4, 0.5) is 0 Å². The van der Waals surface area contributed by atoms with E-state index in [4.69, 9.17) is 9.47 Å². The zero-order chi connectivity index (χ0) is 12.2. The number of imidazole rings is 1. The molecule has 0 unspecified atom stereocenters. The Morgan fingerprint density at radius 3 is 2.69 bits per heavy atom. The minimum Gasteiger partial charge on any atom is -0.468 e. The van der Waals surface area contributed by atoms with Crippen LogP contribution in [0.25, 0.3) is 0 Å². The summed E-state index contributed by atoms with van der Waals surface area (Å²) in [7, 11) is 0.602. The first-order valence-electron chi connectivity index (χ1n) is 5.27. The van der Waals surface area contributed by atoms with Crippen LogP contribution in [0, 0.1) is 0 Å². The molecule has 16 heavy (non-hydrogen) atoms. The second-order valence-corrected chi connectivity index (χ2v) is 11.3. The molecule has 0 fully saturated rings. The van der Waals surface area contributed by atoms with Gasteiger partial charge in [0.05, 0.1) is 7.11 Å². The van der Waals surface area contributed by atoms with E-state index in [-0.39, 0.29) is 0 Å². The van der Waals surface area contributed by atoms with E-state index in [2.05, 4.69) is 40.6 Å². The van der Waals surface area contributed by atoms with E-state index in [0.717, 1.165) is 11.2 Å². The summed E-state index contributed by atoms with van der Waals surface area (Å²) >= 11 is 3.30. The molecule has 0 radical (unpaired) electrons. The van der Waals surface area contributed by atoms with Crippen LogP contribution in [0.2, 0.25) is 25.7 Å². The van der Waals surface area contributed by atoms with Crippen molar-refractivity contribution < 1.29 is 9.47 Å². The van der Waals surface area contributed by atoms with Gasteiger partial charge in [0.15, 0.2) is 0 Å². The molecule has 0 saturated heterocycles. The van der Waals surface area contributed by atoms with E-state index < -0.39 is 8.07 Å². The molecule has 4 nitrogen and oxygen atoms in total. The van der Waals surface area contributed by atoms with Gasteiger partial charge >= 0.3 is 0 Å². The van der Waals surface area contributed by atoms with Crippen molar-refractivity contribution in [1.29, 1.82) is 0 Å². The van der Waals surface area contributed by atoms with Gasteiger partial charge in [0.1, 0.15) is 11.3 Å². The number of rotatable bonds is 6. The van der Waals surface area contributed by atoms with Gasteiger partial charge in [-0.25, -0.2) is 0 Å². The second-order valence-electron chi connectivity index (χ2n) is 4.87. The smallest absolute Gasteiger partial charge is 0.299 e. The Balaban J connectivity index is 2.37. The van der Waals surface area contributed by atoms with Gasteiger partial charge in [-0.3, -0.25) is 4.57 Å². The highest BCUT2D eigenvalue weighted by atomic mass is 79.9. The lowest BCUT2D eigenvalue weighted by Crippen LogP contribution is -2.22. The summed E-state index contributed by atoms with van der Waals surface area (Å²) in [6, 6.07) is 1.74. The van der Waals surface area contributed by atoms with Crippen molar-refractivity contribution in [3.8, 4) is 6.01 Å². The number of hydrogen-bond donors (Lipinski definition) is 0. The predicted molar refractivity (Wildman–Crippen MR) is 70.6 cm³/mol. The van der Waals surface area contributed by atoms with Gasteiger partial charge in [0, 0.05) is 20.9 Å². The average molecular weight is 307 g/mol. The highest BCUT2D eigenvalue weighted by Gasteiger charge is 2.12. The quantitative estimate of drug-likeness (QED) is 0.599. The fourth-order valence-corrected chi connectivity index (χ4v) is 2.32. The molecule has 1 heterocycles. The molecule has 0 spiro atoms. The predicted octanol–water partition coefficient (Wildman–Crippen LogP) is 2.97. The largest absolute Gasteiger partial charge is 0.468 e. The summed E-state index contributed by atoms with van der Waals surface area (Å²) in [4.78, 5) is 4.14. The monoisotopic (exact) mass is 306 g/mol. The van der Waals surface area contributed by atoms with Crippen LogP contribution in [-0.2, 0) is 11.5 Å². The number of hydrogen-bond acceptors (Lipinski definition) is 3. The molecule has 0 atom stereocenters. The van der Waals surface area contributed by atoms with E-state index in [9.17, 15) is 0 Å². The molecule has 1 aromatic rings. The average Bonchev–Trinajstić information content (AvgIpc) is 2.52. The van der Waals surface area contributed by atoms with Crippen LogP contribution in [0.1, 0.15) is 0 Å². The minimum absolute atomic E-state index is 0.492. The maximum absolute atomic E-state index is 5.61. The lowest BCUT2D eigenvalue weighted by molar-refractivity contribution is 0.0808. The standard InChI is InChI=1S/C10H19BrN2O2Si/c1-14-10-12-9(11)7-13(10)8-15-5-6-16(2,3)4/h7H,5-6,8H2,1-4H3. The van der Waals surface area contributed by atoms with Crippen LogP contribution >= 0.6 is 15.9 Å². The molecule has 0 aliphatic heterocycles. The van der Waals surface area contributed by atoms with Gasteiger partial charge < -0.3 is 9.47 Å². The molecule has 6 heteroatoms. The lowest BCUT2D eigenvalue weighted by atomic mass is 10.8. The fraction of sp³-hybridized carbons (Fsp3) is 0.700. The van der Waals surface area contributed by atoms with Crippen LogP contribution < -0.4 is 4.74 Å². The maximum Gasteiger partial charge on any atom is 0.299 e. The summed E-state index contributed by atoms with van der Waals surface area (Å²) in [5, 5.41) is 0. The van der Waals surface area contributed by atoms with E-state index in [1.807, 2.05) is 10.8 Å². The molecule has 0 aliphatic carbocycles. The normalized spacial score (nSPS) is 11.8. The van der Waals surface area contributed by atoms with Crippen LogP contribution in [0.15, 0.2) is 10.8 Å². The van der Waals surface area contributed by atoms with Gasteiger partial charge in [-0.2, -0.15) is 4.98 Å². The van der Waals surface area contributed by atoms with Crippen LogP contribution in [0.5, 0.6) is 6.01 Å². The zero-order valence-electron chi connectivity index (χ0n) is 10.3. The minimum atomic E-state index is -1.00. The third-order valence-corrected chi connectivity index (χ3v) is 4.21. The molecule has 92 valence electrons. The van der Waals surface area contributed by atoms with Crippen molar-refractivity contribution >= 4 is 24.0 Å². The summed E-state index contributed by atoms with van der Waals surface area (Å²) in [6.45, 7) is 8.31. The number of halogens is 1. The Morgan fingerprint density at radius 2 is 2.12 bits per heavy atom. The zero-order valence-corrected chi connectivity index (χ0v) is 12.9. The molecule has 0 aliphatic rings. The number of aromatic nitrogens is 2. The highest BCUT2D eigenvalue weighted by molar-refractivity contribution is 9.10. The molecule has 0 saturated carbocycles. The summed E-state index contributed by atoms with van der Waals surface area (Å²) in [6.07, 6.45) is 1.85. The van der Waals surface area contributed by atoms with Crippen molar-refractivity contribution in [2.45, 2.75) is 32.4 Å². The van der Waals surface area contributed by atoms with Gasteiger partial charge in [-0.05, 0) is 22.0 Å². The SMILES string of the molecule is COc1nc(Br)cn1COCC[Si](C)(C)C. The topological polar surface area (TPSA) is 36.3 Å². The summed E-state index contributed by atoms with van der Waals surface area (Å²) < 4.78 is 13.3. The van der Waals surface area contributed by atoms with Crippen molar-refractivity contribution in [2.24, 2.45) is 0 Å². The molecular weight excluding hydrogens is 288 g/mol. The van der Waals surface area contributed by atoms with Crippen molar-refractivity contribution in [1.82, 2.24) is 9.55 Å². The van der Waals surface area contributed by atoms with Crippen LogP contribution in [0.3, 0.4) is 0 Å². The Morgan fingerprint density at radius 1 is 1.44 bits per heavy atom. The lowest BCUT2D eigenvalue weighted by Gasteiger charge is -2.15. The molecule has 1 rings (SSSR count). The van der Waals surface area contributed by atoms with Crippen molar-refractivity contribution in [3.63, 3.8) is 0 Å². The van der Waals surface area contributed by atoms with E-state index in [1.165, 1.54) is 6.04 Å². The summed E-state index contributed by atoms with van der Waals surface area (Å²) in [5.74, 6) is 0. The summed E-state index contributed by atoms with van der Waals surface area (Å²) in [5.41, 5.74) is 0. The molecule has 0 aromatic carbocycles. The Hall–Kier alpha value is -0.333.